The molecule has 0 spiro atoms. The second-order valence-electron chi connectivity index (χ2n) is 7.34. The highest BCUT2D eigenvalue weighted by molar-refractivity contribution is 6.06. The van der Waals surface area contributed by atoms with Crippen molar-refractivity contribution in [1.29, 1.82) is 0 Å². The second-order valence-corrected chi connectivity index (χ2v) is 7.34. The van der Waals surface area contributed by atoms with Gasteiger partial charge >= 0.3 is 12.0 Å². The second kappa shape index (κ2) is 10.5. The molecule has 3 aromatic rings. The van der Waals surface area contributed by atoms with Gasteiger partial charge in [-0.05, 0) is 42.5 Å². The topological polar surface area (TPSA) is 139 Å². The van der Waals surface area contributed by atoms with Crippen molar-refractivity contribution in [2.24, 2.45) is 0 Å². The van der Waals surface area contributed by atoms with Crippen LogP contribution in [-0.2, 0) is 4.74 Å². The summed E-state index contributed by atoms with van der Waals surface area (Å²) in [7, 11) is 1.43. The Hall–Kier alpha value is -4.64. The van der Waals surface area contributed by atoms with Crippen LogP contribution in [0.2, 0.25) is 0 Å². The largest absolute Gasteiger partial charge is 0.488 e. The minimum atomic E-state index is -1.16. The van der Waals surface area contributed by atoms with Crippen molar-refractivity contribution >= 4 is 35.1 Å². The van der Waals surface area contributed by atoms with Gasteiger partial charge in [0.15, 0.2) is 18.4 Å². The minimum Gasteiger partial charge on any atom is -0.488 e. The number of pyridine rings is 1. The molecule has 180 valence electrons. The van der Waals surface area contributed by atoms with Crippen LogP contribution in [0.25, 0.3) is 0 Å². The first kappa shape index (κ1) is 23.5. The molecule has 0 saturated heterocycles. The van der Waals surface area contributed by atoms with E-state index in [0.717, 1.165) is 0 Å². The first-order valence-electron chi connectivity index (χ1n) is 10.5. The van der Waals surface area contributed by atoms with E-state index < -0.39 is 17.9 Å². The molecule has 0 aliphatic carbocycles. The predicted molar refractivity (Wildman–Crippen MR) is 126 cm³/mol. The van der Waals surface area contributed by atoms with E-state index in [1.165, 1.54) is 36.3 Å². The zero-order valence-corrected chi connectivity index (χ0v) is 18.7. The molecule has 4 rings (SSSR count). The summed E-state index contributed by atoms with van der Waals surface area (Å²) in [4.78, 5) is 43.0. The summed E-state index contributed by atoms with van der Waals surface area (Å²) in [5, 5.41) is 14.7. The van der Waals surface area contributed by atoms with Crippen molar-refractivity contribution in [2.75, 3.05) is 42.6 Å². The average molecular weight is 478 g/mol. The Labute approximate surface area is 200 Å². The number of urea groups is 1. The van der Waals surface area contributed by atoms with Crippen molar-refractivity contribution in [2.45, 2.75) is 0 Å². The van der Waals surface area contributed by atoms with Crippen LogP contribution in [0.1, 0.15) is 20.8 Å². The van der Waals surface area contributed by atoms with Gasteiger partial charge in [-0.2, -0.15) is 0 Å². The lowest BCUT2D eigenvalue weighted by Gasteiger charge is -2.28. The number of anilines is 3. The fraction of sp³-hybridized carbons (Fsp3) is 0.167. The zero-order valence-electron chi connectivity index (χ0n) is 18.7. The number of carbonyl (C=O) groups is 3. The highest BCUT2D eigenvalue weighted by Gasteiger charge is 2.27. The molecule has 3 N–H and O–H groups in total. The van der Waals surface area contributed by atoms with E-state index in [2.05, 4.69) is 15.6 Å². The molecule has 0 bridgehead atoms. The minimum absolute atomic E-state index is 0.00909. The number of hydrogen-bond acceptors (Lipinski definition) is 7. The number of aromatic nitrogens is 1. The van der Waals surface area contributed by atoms with Gasteiger partial charge in [-0.15, -0.1) is 0 Å². The fourth-order valence-corrected chi connectivity index (χ4v) is 3.33. The van der Waals surface area contributed by atoms with Crippen molar-refractivity contribution < 1.29 is 33.7 Å². The molecule has 11 heteroatoms. The summed E-state index contributed by atoms with van der Waals surface area (Å²) in [6.07, 6.45) is 0. The molecule has 2 aromatic carbocycles. The Morgan fingerprint density at radius 3 is 2.63 bits per heavy atom. The molecule has 1 aliphatic heterocycles. The van der Waals surface area contributed by atoms with Crippen LogP contribution >= 0.6 is 0 Å². The number of ether oxygens (including phenoxy) is 3. The summed E-state index contributed by atoms with van der Waals surface area (Å²) in [5.74, 6) is -1.04. The molecule has 0 fully saturated rings. The molecule has 0 saturated carbocycles. The molecule has 1 aromatic heterocycles. The quantitative estimate of drug-likeness (QED) is 0.439. The number of fused-ring (bicyclic) bond motifs is 1. The number of carboxylic acid groups (broad SMARTS) is 1. The average Bonchev–Trinajstić information content (AvgIpc) is 2.87. The number of nitrogens with zero attached hydrogens (tertiary/aromatic N) is 2. The van der Waals surface area contributed by atoms with Crippen molar-refractivity contribution in [1.82, 2.24) is 4.98 Å². The Morgan fingerprint density at radius 2 is 1.89 bits per heavy atom. The third-order valence-corrected chi connectivity index (χ3v) is 4.98. The van der Waals surface area contributed by atoms with Gasteiger partial charge in [0.2, 0.25) is 0 Å². The molecule has 0 atom stereocenters. The van der Waals surface area contributed by atoms with Crippen LogP contribution in [0.5, 0.6) is 11.5 Å². The van der Waals surface area contributed by atoms with Crippen molar-refractivity contribution in [3.05, 3.63) is 71.9 Å². The van der Waals surface area contributed by atoms with E-state index in [1.54, 1.807) is 30.3 Å². The van der Waals surface area contributed by atoms with Crippen LogP contribution in [0.15, 0.2) is 60.7 Å². The number of aromatic carboxylic acids is 1. The standard InChI is InChI=1S/C24H22N4O7/c1-33-14-35-19-9-7-15(23(30)31)13-18(19)27-22(29)17-8-10-20-21(26-17)28(11-12-34-20)24(32)25-16-5-3-2-4-6-16/h2-10,13H,11-12,14H2,1H3,(H,25,32)(H,27,29)(H,30,31). The maximum Gasteiger partial charge on any atom is 0.335 e. The molecule has 0 unspecified atom stereocenters. The molecular weight excluding hydrogens is 456 g/mol. The van der Waals surface area contributed by atoms with Gasteiger partial charge < -0.3 is 30.0 Å². The normalized spacial score (nSPS) is 12.2. The molecule has 3 amide bonds. The van der Waals surface area contributed by atoms with Crippen LogP contribution in [0.4, 0.5) is 22.0 Å². The van der Waals surface area contributed by atoms with Gasteiger partial charge in [0.25, 0.3) is 5.91 Å². The van der Waals surface area contributed by atoms with E-state index in [4.69, 9.17) is 14.2 Å². The number of methoxy groups -OCH3 is 1. The van der Waals surface area contributed by atoms with Crippen LogP contribution < -0.4 is 25.0 Å². The fourth-order valence-electron chi connectivity index (χ4n) is 3.33. The maximum absolute atomic E-state index is 13.0. The number of rotatable bonds is 7. The van der Waals surface area contributed by atoms with Gasteiger partial charge in [-0.1, -0.05) is 18.2 Å². The Balaban J connectivity index is 1.58. The number of hydrogen-bond donors (Lipinski definition) is 3. The van der Waals surface area contributed by atoms with Gasteiger partial charge in [0.05, 0.1) is 17.8 Å². The highest BCUT2D eigenvalue weighted by atomic mass is 16.7. The molecule has 11 nitrogen and oxygen atoms in total. The van der Waals surface area contributed by atoms with E-state index in [1.807, 2.05) is 6.07 Å². The number of amides is 3. The molecule has 35 heavy (non-hydrogen) atoms. The zero-order chi connectivity index (χ0) is 24.8. The van der Waals surface area contributed by atoms with Gasteiger partial charge in [-0.3, -0.25) is 9.69 Å². The number of carboxylic acids is 1. The Kier molecular flexibility index (Phi) is 7.07. The van der Waals surface area contributed by atoms with Crippen LogP contribution in [0, 0.1) is 0 Å². The summed E-state index contributed by atoms with van der Waals surface area (Å²) >= 11 is 0. The molecule has 2 heterocycles. The summed E-state index contributed by atoms with van der Waals surface area (Å²) < 4.78 is 15.9. The maximum atomic E-state index is 13.0. The smallest absolute Gasteiger partial charge is 0.335 e. The Bertz CT molecular complexity index is 1250. The number of para-hydroxylation sites is 1. The van der Waals surface area contributed by atoms with E-state index >= 15 is 0 Å². The lowest BCUT2D eigenvalue weighted by atomic mass is 10.2. The van der Waals surface area contributed by atoms with Crippen molar-refractivity contribution in [3.63, 3.8) is 0 Å². The lowest BCUT2D eigenvalue weighted by Crippen LogP contribution is -2.41. The number of benzene rings is 2. The first-order valence-corrected chi connectivity index (χ1v) is 10.5. The SMILES string of the molecule is COCOc1ccc(C(=O)O)cc1NC(=O)c1ccc2c(n1)N(C(=O)Nc1ccccc1)CCO2. The van der Waals surface area contributed by atoms with Crippen LogP contribution in [-0.4, -0.2) is 55.1 Å². The van der Waals surface area contributed by atoms with Gasteiger partial charge in [-0.25, -0.2) is 14.6 Å². The van der Waals surface area contributed by atoms with E-state index in [9.17, 15) is 19.5 Å². The number of carbonyl (C=O) groups excluding carboxylic acids is 2. The number of nitrogens with one attached hydrogen (secondary N) is 2. The highest BCUT2D eigenvalue weighted by Crippen LogP contribution is 2.31. The van der Waals surface area contributed by atoms with Gasteiger partial charge in [0.1, 0.15) is 18.1 Å². The van der Waals surface area contributed by atoms with E-state index in [-0.39, 0.29) is 48.5 Å². The molecular formula is C24H22N4O7. The summed E-state index contributed by atoms with van der Waals surface area (Å²) in [5.41, 5.74) is 0.688. The third-order valence-electron chi connectivity index (χ3n) is 4.98. The van der Waals surface area contributed by atoms with Gasteiger partial charge in [0, 0.05) is 12.8 Å². The third kappa shape index (κ3) is 5.47. The lowest BCUT2D eigenvalue weighted by molar-refractivity contribution is 0.0515. The van der Waals surface area contributed by atoms with Crippen molar-refractivity contribution in [3.8, 4) is 11.5 Å². The summed E-state index contributed by atoms with van der Waals surface area (Å²) in [6.45, 7) is 0.402. The predicted octanol–water partition coefficient (Wildman–Crippen LogP) is 3.45. The Morgan fingerprint density at radius 1 is 1.09 bits per heavy atom. The monoisotopic (exact) mass is 478 g/mol. The van der Waals surface area contributed by atoms with E-state index in [0.29, 0.717) is 11.4 Å². The summed E-state index contributed by atoms with van der Waals surface area (Å²) in [6, 6.07) is 15.6. The first-order chi connectivity index (χ1) is 17.0. The molecule has 0 radical (unpaired) electrons. The van der Waals surface area contributed by atoms with Crippen LogP contribution in [0.3, 0.4) is 0 Å². The molecule has 1 aliphatic rings.